The molecule has 0 radical (unpaired) electrons. The topological polar surface area (TPSA) is 110 Å². The minimum atomic E-state index is -0.897. The second-order valence-corrected chi connectivity index (χ2v) is 9.50. The molecule has 0 aromatic heterocycles. The van der Waals surface area contributed by atoms with Gasteiger partial charge < -0.3 is 30.3 Å². The molecule has 4 aliphatic rings. The first-order chi connectivity index (χ1) is 14.4. The van der Waals surface area contributed by atoms with Crippen LogP contribution in [0.15, 0.2) is 35.8 Å². The van der Waals surface area contributed by atoms with E-state index in [-0.39, 0.29) is 40.3 Å². The molecule has 30 heavy (non-hydrogen) atoms. The van der Waals surface area contributed by atoms with Gasteiger partial charge in [0.25, 0.3) is 0 Å². The summed E-state index contributed by atoms with van der Waals surface area (Å²) in [6, 6.07) is 3.03. The molecule has 5 N–H and O–H groups in total. The van der Waals surface area contributed by atoms with E-state index in [1.807, 2.05) is 6.08 Å². The van der Waals surface area contributed by atoms with Crippen LogP contribution < -0.4 is 0 Å². The lowest BCUT2D eigenvalue weighted by atomic mass is 9.48. The number of hydrogen-bond acceptors (Lipinski definition) is 6. The molecule has 4 atom stereocenters. The number of aromatic hydroxyl groups is 3. The average molecular weight is 414 g/mol. The van der Waals surface area contributed by atoms with Gasteiger partial charge in [0.1, 0.15) is 11.7 Å². The van der Waals surface area contributed by atoms with Crippen molar-refractivity contribution >= 4 is 0 Å². The molecule has 6 nitrogen and oxygen atoms in total. The number of rotatable bonds is 1. The standard InChI is InChI=1S/C24H30O6/c25-16-9-7-14(19(27)20(16)28)24-13-5-2-6-18(24)23(11-3-1-4-12-23)15-8-10-17(26)21(29)22(15)30-24/h7-10,15,18,22,25-29H,1-6,11-13H2. The van der Waals surface area contributed by atoms with E-state index in [9.17, 15) is 25.5 Å². The van der Waals surface area contributed by atoms with E-state index in [2.05, 4.69) is 0 Å². The minimum Gasteiger partial charge on any atom is -0.506 e. The van der Waals surface area contributed by atoms with Gasteiger partial charge >= 0.3 is 0 Å². The molecule has 1 aliphatic heterocycles. The van der Waals surface area contributed by atoms with Gasteiger partial charge in [0.15, 0.2) is 23.0 Å². The lowest BCUT2D eigenvalue weighted by Gasteiger charge is -2.63. The summed E-state index contributed by atoms with van der Waals surface area (Å²) in [5.41, 5.74) is -0.550. The van der Waals surface area contributed by atoms with Crippen molar-refractivity contribution in [2.24, 2.45) is 17.3 Å². The van der Waals surface area contributed by atoms with E-state index in [1.54, 1.807) is 12.1 Å². The van der Waals surface area contributed by atoms with E-state index in [1.165, 1.54) is 12.5 Å². The van der Waals surface area contributed by atoms with Gasteiger partial charge in [0.2, 0.25) is 5.75 Å². The first-order valence-electron chi connectivity index (χ1n) is 11.1. The molecule has 2 saturated carbocycles. The van der Waals surface area contributed by atoms with Crippen LogP contribution in [0.4, 0.5) is 0 Å². The Hall–Kier alpha value is -2.34. The Bertz CT molecular complexity index is 913. The molecule has 1 aromatic rings. The van der Waals surface area contributed by atoms with Crippen LogP contribution in [0.25, 0.3) is 0 Å². The highest BCUT2D eigenvalue weighted by atomic mass is 16.5. The molecule has 0 bridgehead atoms. The third-order valence-corrected chi connectivity index (χ3v) is 8.24. The zero-order chi connectivity index (χ0) is 21.1. The van der Waals surface area contributed by atoms with Crippen molar-refractivity contribution in [3.63, 3.8) is 0 Å². The van der Waals surface area contributed by atoms with Crippen LogP contribution in [0.2, 0.25) is 0 Å². The molecular weight excluding hydrogens is 384 g/mol. The Balaban J connectivity index is 1.73. The fourth-order valence-corrected chi connectivity index (χ4v) is 7.00. The smallest absolute Gasteiger partial charge is 0.200 e. The normalized spacial score (nSPS) is 35.1. The maximum atomic E-state index is 10.8. The van der Waals surface area contributed by atoms with Crippen LogP contribution in [0.5, 0.6) is 17.2 Å². The molecule has 5 rings (SSSR count). The number of fused-ring (bicyclic) bond motifs is 4. The largest absolute Gasteiger partial charge is 0.506 e. The Labute approximate surface area is 176 Å². The lowest BCUT2D eigenvalue weighted by molar-refractivity contribution is -0.260. The maximum absolute atomic E-state index is 10.8. The summed E-state index contributed by atoms with van der Waals surface area (Å²) in [6.07, 6.45) is 11.9. The van der Waals surface area contributed by atoms with E-state index in [0.29, 0.717) is 12.0 Å². The van der Waals surface area contributed by atoms with Crippen LogP contribution in [-0.2, 0) is 10.3 Å². The van der Waals surface area contributed by atoms with Crippen LogP contribution in [0.3, 0.4) is 0 Å². The monoisotopic (exact) mass is 414 g/mol. The number of hydrogen-bond donors (Lipinski definition) is 5. The molecular formula is C24H30O6. The van der Waals surface area contributed by atoms with Gasteiger partial charge in [-0.25, -0.2) is 0 Å². The first kappa shape index (κ1) is 19.6. The molecule has 1 aromatic carbocycles. The summed E-state index contributed by atoms with van der Waals surface area (Å²) >= 11 is 0. The van der Waals surface area contributed by atoms with Crippen molar-refractivity contribution in [3.05, 3.63) is 41.4 Å². The summed E-state index contributed by atoms with van der Waals surface area (Å²) < 4.78 is 6.68. The summed E-state index contributed by atoms with van der Waals surface area (Å²) in [6.45, 7) is 0. The zero-order valence-corrected chi connectivity index (χ0v) is 17.0. The highest BCUT2D eigenvalue weighted by Crippen LogP contribution is 2.67. The Morgan fingerprint density at radius 1 is 0.833 bits per heavy atom. The van der Waals surface area contributed by atoms with Crippen molar-refractivity contribution in [1.29, 1.82) is 0 Å². The molecule has 6 heteroatoms. The van der Waals surface area contributed by atoms with Crippen molar-refractivity contribution in [2.75, 3.05) is 0 Å². The Kier molecular flexibility index (Phi) is 4.47. The second kappa shape index (κ2) is 6.84. The van der Waals surface area contributed by atoms with Crippen molar-refractivity contribution < 1.29 is 30.3 Å². The van der Waals surface area contributed by atoms with Crippen molar-refractivity contribution in [1.82, 2.24) is 0 Å². The first-order valence-corrected chi connectivity index (χ1v) is 11.1. The maximum Gasteiger partial charge on any atom is 0.200 e. The molecule has 1 heterocycles. The number of allylic oxidation sites excluding steroid dienone is 1. The van der Waals surface area contributed by atoms with Gasteiger partial charge in [-0.3, -0.25) is 0 Å². The predicted octanol–water partition coefficient (Wildman–Crippen LogP) is 5.05. The number of benzene rings is 1. The van der Waals surface area contributed by atoms with Crippen LogP contribution >= 0.6 is 0 Å². The van der Waals surface area contributed by atoms with E-state index in [0.717, 1.165) is 44.9 Å². The zero-order valence-electron chi connectivity index (χ0n) is 17.0. The van der Waals surface area contributed by atoms with Crippen LogP contribution in [0, 0.1) is 17.3 Å². The highest BCUT2D eigenvalue weighted by molar-refractivity contribution is 5.56. The third kappa shape index (κ3) is 2.52. The van der Waals surface area contributed by atoms with Crippen LogP contribution in [-0.4, -0.2) is 31.6 Å². The Morgan fingerprint density at radius 2 is 1.57 bits per heavy atom. The van der Waals surface area contributed by atoms with Crippen molar-refractivity contribution in [2.45, 2.75) is 69.5 Å². The van der Waals surface area contributed by atoms with Crippen molar-refractivity contribution in [3.8, 4) is 17.2 Å². The summed E-state index contributed by atoms with van der Waals surface area (Å²) in [5, 5.41) is 52.0. The quantitative estimate of drug-likeness (QED) is 0.411. The highest BCUT2D eigenvalue weighted by Gasteiger charge is 2.64. The molecule has 1 saturated heterocycles. The fourth-order valence-electron chi connectivity index (χ4n) is 7.00. The van der Waals surface area contributed by atoms with Gasteiger partial charge in [-0.05, 0) is 55.2 Å². The second-order valence-electron chi connectivity index (χ2n) is 9.50. The van der Waals surface area contributed by atoms with Gasteiger partial charge in [-0.15, -0.1) is 0 Å². The fraction of sp³-hybridized carbons (Fsp3) is 0.583. The molecule has 162 valence electrons. The van der Waals surface area contributed by atoms with Gasteiger partial charge in [-0.1, -0.05) is 38.2 Å². The number of phenols is 3. The lowest BCUT2D eigenvalue weighted by Crippen LogP contribution is -2.62. The number of phenolic OH excluding ortho intramolecular Hbond substituents is 3. The number of aliphatic hydroxyl groups is 2. The number of ether oxygens (including phenoxy) is 1. The SMILES string of the molecule is OC1=C(O)C2OC3(c4ccc(O)c(O)c4O)CCCCC3C3(CCCCC3)C2C=C1. The summed E-state index contributed by atoms with van der Waals surface area (Å²) in [5.74, 6) is -1.54. The number of aliphatic hydroxyl groups excluding tert-OH is 2. The molecule has 3 fully saturated rings. The van der Waals surface area contributed by atoms with E-state index < -0.39 is 17.5 Å². The predicted molar refractivity (Wildman–Crippen MR) is 110 cm³/mol. The molecule has 4 unspecified atom stereocenters. The summed E-state index contributed by atoms with van der Waals surface area (Å²) in [4.78, 5) is 0. The van der Waals surface area contributed by atoms with Gasteiger partial charge in [-0.2, -0.15) is 0 Å². The molecule has 0 amide bonds. The minimum absolute atomic E-state index is 0.0437. The Morgan fingerprint density at radius 3 is 2.33 bits per heavy atom. The average Bonchev–Trinajstić information content (AvgIpc) is 2.76. The van der Waals surface area contributed by atoms with Gasteiger partial charge in [0, 0.05) is 11.5 Å². The van der Waals surface area contributed by atoms with E-state index in [4.69, 9.17) is 4.74 Å². The third-order valence-electron chi connectivity index (χ3n) is 8.24. The molecule has 1 spiro atoms. The van der Waals surface area contributed by atoms with Crippen LogP contribution in [0.1, 0.15) is 63.4 Å². The van der Waals surface area contributed by atoms with Gasteiger partial charge in [0.05, 0.1) is 0 Å². The van der Waals surface area contributed by atoms with E-state index >= 15 is 0 Å². The molecule has 3 aliphatic carbocycles. The summed E-state index contributed by atoms with van der Waals surface area (Å²) in [7, 11) is 0.